The molecule has 1 amide bonds. The number of benzene rings is 1. The van der Waals surface area contributed by atoms with Crippen molar-refractivity contribution in [3.05, 3.63) is 47.7 Å². The predicted molar refractivity (Wildman–Crippen MR) is 96.8 cm³/mol. The summed E-state index contributed by atoms with van der Waals surface area (Å²) >= 11 is 0. The topological polar surface area (TPSA) is 78.4 Å². The third-order valence-corrected chi connectivity index (χ3v) is 4.61. The molecule has 0 spiro atoms. The smallest absolute Gasteiger partial charge is 0.253 e. The second-order valence-electron chi connectivity index (χ2n) is 6.66. The molecule has 2 heterocycles. The largest absolute Gasteiger partial charge is 0.393 e. The van der Waals surface area contributed by atoms with Crippen LogP contribution in [0.4, 0.5) is 11.5 Å². The Bertz CT molecular complexity index is 730. The number of rotatable bonds is 4. The summed E-state index contributed by atoms with van der Waals surface area (Å²) in [5.41, 5.74) is 2.29. The molecule has 3 rings (SSSR count). The molecule has 1 saturated heterocycles. The number of likely N-dealkylation sites (tertiary alicyclic amines) is 1. The fourth-order valence-electron chi connectivity index (χ4n) is 3.11. The number of hydrogen-bond acceptors (Lipinski definition) is 5. The normalized spacial score (nSPS) is 18.7. The maximum absolute atomic E-state index is 12.8. The van der Waals surface area contributed by atoms with E-state index in [0.717, 1.165) is 30.8 Å². The highest BCUT2D eigenvalue weighted by atomic mass is 16.3. The highest BCUT2D eigenvalue weighted by Gasteiger charge is 2.27. The first-order valence-corrected chi connectivity index (χ1v) is 8.67. The minimum absolute atomic E-state index is 0.00369. The Kier molecular flexibility index (Phi) is 5.28. The molecule has 0 saturated carbocycles. The van der Waals surface area contributed by atoms with E-state index in [2.05, 4.69) is 15.5 Å². The van der Waals surface area contributed by atoms with E-state index in [9.17, 15) is 9.90 Å². The van der Waals surface area contributed by atoms with E-state index in [1.54, 1.807) is 6.92 Å². The molecule has 1 aliphatic rings. The van der Waals surface area contributed by atoms with Crippen molar-refractivity contribution in [3.8, 4) is 0 Å². The van der Waals surface area contributed by atoms with Crippen LogP contribution in [0.5, 0.6) is 0 Å². The quantitative estimate of drug-likeness (QED) is 0.895. The third-order valence-electron chi connectivity index (χ3n) is 4.61. The molecule has 1 aromatic carbocycles. The Hall–Kier alpha value is -2.47. The van der Waals surface area contributed by atoms with E-state index in [1.807, 2.05) is 48.2 Å². The Labute approximate surface area is 147 Å². The molecule has 1 aromatic heterocycles. The molecule has 132 valence electrons. The summed E-state index contributed by atoms with van der Waals surface area (Å²) in [5, 5.41) is 21.1. The summed E-state index contributed by atoms with van der Waals surface area (Å²) in [4.78, 5) is 14.6. The Balaban J connectivity index is 1.72. The lowest BCUT2D eigenvalue weighted by Crippen LogP contribution is -2.42. The highest BCUT2D eigenvalue weighted by Crippen LogP contribution is 2.23. The van der Waals surface area contributed by atoms with Crippen molar-refractivity contribution in [2.45, 2.75) is 32.8 Å². The van der Waals surface area contributed by atoms with Crippen LogP contribution in [0.25, 0.3) is 0 Å². The van der Waals surface area contributed by atoms with Crippen molar-refractivity contribution in [1.29, 1.82) is 0 Å². The van der Waals surface area contributed by atoms with Crippen LogP contribution in [-0.2, 0) is 0 Å². The van der Waals surface area contributed by atoms with E-state index in [4.69, 9.17) is 0 Å². The number of aromatic nitrogens is 2. The second kappa shape index (κ2) is 7.61. The van der Waals surface area contributed by atoms with Gasteiger partial charge in [0.25, 0.3) is 5.91 Å². The first kappa shape index (κ1) is 17.4. The number of nitrogens with zero attached hydrogens (tertiary/aromatic N) is 3. The zero-order chi connectivity index (χ0) is 17.8. The van der Waals surface area contributed by atoms with Gasteiger partial charge < -0.3 is 15.3 Å². The average Bonchev–Trinajstić information content (AvgIpc) is 2.63. The molecule has 6 heteroatoms. The monoisotopic (exact) mass is 340 g/mol. The van der Waals surface area contributed by atoms with Gasteiger partial charge in [0.1, 0.15) is 0 Å². The number of amides is 1. The number of aliphatic hydroxyl groups excluding tert-OH is 1. The number of piperidine rings is 1. The van der Waals surface area contributed by atoms with E-state index in [-0.39, 0.29) is 17.9 Å². The molecule has 2 unspecified atom stereocenters. The van der Waals surface area contributed by atoms with Gasteiger partial charge in [-0.3, -0.25) is 4.79 Å². The van der Waals surface area contributed by atoms with Crippen LogP contribution >= 0.6 is 0 Å². The number of carbonyl (C=O) groups is 1. The first-order chi connectivity index (χ1) is 12.0. The SMILES string of the molecule is Cc1ccc(Nc2cccc(C(=O)N3CCCC(C(C)O)C3)c2)nn1. The third kappa shape index (κ3) is 4.33. The van der Waals surface area contributed by atoms with Crippen molar-refractivity contribution in [2.75, 3.05) is 18.4 Å². The molecule has 2 aromatic rings. The minimum atomic E-state index is -0.385. The maximum atomic E-state index is 12.8. The number of aryl methyl sites for hydroxylation is 1. The van der Waals surface area contributed by atoms with Crippen LogP contribution in [0, 0.1) is 12.8 Å². The van der Waals surface area contributed by atoms with Crippen LogP contribution in [0.2, 0.25) is 0 Å². The fourth-order valence-corrected chi connectivity index (χ4v) is 3.11. The lowest BCUT2D eigenvalue weighted by Gasteiger charge is -2.34. The summed E-state index contributed by atoms with van der Waals surface area (Å²) < 4.78 is 0. The molecule has 0 radical (unpaired) electrons. The van der Waals surface area contributed by atoms with Crippen LogP contribution in [0.15, 0.2) is 36.4 Å². The zero-order valence-electron chi connectivity index (χ0n) is 14.6. The maximum Gasteiger partial charge on any atom is 0.253 e. The Morgan fingerprint density at radius 1 is 1.32 bits per heavy atom. The predicted octanol–water partition coefficient (Wildman–Crippen LogP) is 2.76. The Morgan fingerprint density at radius 2 is 2.16 bits per heavy atom. The molecular formula is C19H24N4O2. The summed E-state index contributed by atoms with van der Waals surface area (Å²) in [6.45, 7) is 5.03. The lowest BCUT2D eigenvalue weighted by molar-refractivity contribution is 0.0466. The molecule has 25 heavy (non-hydrogen) atoms. The van der Waals surface area contributed by atoms with Crippen molar-refractivity contribution >= 4 is 17.4 Å². The zero-order valence-corrected chi connectivity index (χ0v) is 14.6. The van der Waals surface area contributed by atoms with Gasteiger partial charge in [-0.05, 0) is 57.0 Å². The summed E-state index contributed by atoms with van der Waals surface area (Å²) in [5.74, 6) is 0.799. The van der Waals surface area contributed by atoms with E-state index in [1.165, 1.54) is 0 Å². The molecule has 6 nitrogen and oxygen atoms in total. The number of nitrogens with one attached hydrogen (secondary N) is 1. The van der Waals surface area contributed by atoms with E-state index >= 15 is 0 Å². The first-order valence-electron chi connectivity index (χ1n) is 8.67. The molecule has 2 N–H and O–H groups in total. The average molecular weight is 340 g/mol. The number of hydrogen-bond donors (Lipinski definition) is 2. The minimum Gasteiger partial charge on any atom is -0.393 e. The molecule has 1 fully saturated rings. The molecule has 2 atom stereocenters. The van der Waals surface area contributed by atoms with Crippen molar-refractivity contribution in [3.63, 3.8) is 0 Å². The van der Waals surface area contributed by atoms with Crippen molar-refractivity contribution < 1.29 is 9.90 Å². The fraction of sp³-hybridized carbons (Fsp3) is 0.421. The van der Waals surface area contributed by atoms with Crippen LogP contribution in [0.1, 0.15) is 35.8 Å². The van der Waals surface area contributed by atoms with Gasteiger partial charge in [-0.1, -0.05) is 6.07 Å². The lowest BCUT2D eigenvalue weighted by atomic mass is 9.93. The van der Waals surface area contributed by atoms with Gasteiger partial charge in [0.2, 0.25) is 0 Å². The van der Waals surface area contributed by atoms with Crippen molar-refractivity contribution in [1.82, 2.24) is 15.1 Å². The van der Waals surface area contributed by atoms with Gasteiger partial charge in [0, 0.05) is 30.3 Å². The van der Waals surface area contributed by atoms with Gasteiger partial charge in [-0.25, -0.2) is 0 Å². The summed E-state index contributed by atoms with van der Waals surface area (Å²) in [7, 11) is 0. The molecule has 1 aliphatic heterocycles. The number of carbonyl (C=O) groups excluding carboxylic acids is 1. The van der Waals surface area contributed by atoms with E-state index < -0.39 is 0 Å². The van der Waals surface area contributed by atoms with Crippen LogP contribution in [0.3, 0.4) is 0 Å². The van der Waals surface area contributed by atoms with E-state index in [0.29, 0.717) is 17.9 Å². The standard InChI is InChI=1S/C19H24N4O2/c1-13-8-9-18(22-21-13)20-17-7-3-5-15(11-17)19(25)23-10-4-6-16(12-23)14(2)24/h3,5,7-9,11,14,16,24H,4,6,10,12H2,1-2H3,(H,20,22). The van der Waals surface area contributed by atoms with Gasteiger partial charge in [0.05, 0.1) is 11.8 Å². The number of aliphatic hydroxyl groups is 1. The molecule has 0 aliphatic carbocycles. The van der Waals surface area contributed by atoms with Gasteiger partial charge in [-0.15, -0.1) is 5.10 Å². The van der Waals surface area contributed by atoms with Crippen LogP contribution in [-0.4, -0.2) is 45.3 Å². The highest BCUT2D eigenvalue weighted by molar-refractivity contribution is 5.95. The van der Waals surface area contributed by atoms with Crippen LogP contribution < -0.4 is 5.32 Å². The number of anilines is 2. The summed E-state index contributed by atoms with van der Waals surface area (Å²) in [6, 6.07) is 11.1. The molecule has 0 bridgehead atoms. The summed E-state index contributed by atoms with van der Waals surface area (Å²) in [6.07, 6.45) is 1.51. The van der Waals surface area contributed by atoms with Gasteiger partial charge in [-0.2, -0.15) is 5.10 Å². The molecular weight excluding hydrogens is 316 g/mol. The Morgan fingerprint density at radius 3 is 2.88 bits per heavy atom. The second-order valence-corrected chi connectivity index (χ2v) is 6.66. The van der Waals surface area contributed by atoms with Gasteiger partial charge >= 0.3 is 0 Å². The van der Waals surface area contributed by atoms with Gasteiger partial charge in [0.15, 0.2) is 5.82 Å². The van der Waals surface area contributed by atoms with Crippen molar-refractivity contribution in [2.24, 2.45) is 5.92 Å².